The lowest BCUT2D eigenvalue weighted by atomic mass is 10.1. The van der Waals surface area contributed by atoms with Crippen LogP contribution in [0, 0.1) is 0 Å². The largest absolute Gasteiger partial charge is 0.450 e. The fourth-order valence-corrected chi connectivity index (χ4v) is 2.21. The van der Waals surface area contributed by atoms with Crippen LogP contribution in [0.1, 0.15) is 17.2 Å². The number of carbonyl (C=O) groups is 2. The molecular weight excluding hydrogens is 292 g/mol. The summed E-state index contributed by atoms with van der Waals surface area (Å²) >= 11 is 0. The van der Waals surface area contributed by atoms with Gasteiger partial charge in [0, 0.05) is 23.8 Å². The van der Waals surface area contributed by atoms with Gasteiger partial charge in [-0.1, -0.05) is 60.7 Å². The summed E-state index contributed by atoms with van der Waals surface area (Å²) in [5.41, 5.74) is 1.52. The van der Waals surface area contributed by atoms with Crippen LogP contribution in [0.25, 0.3) is 5.76 Å². The molecule has 114 valence electrons. The van der Waals surface area contributed by atoms with Gasteiger partial charge in [-0.15, -0.1) is 0 Å². The van der Waals surface area contributed by atoms with Crippen molar-refractivity contribution in [2.75, 3.05) is 0 Å². The van der Waals surface area contributed by atoms with Crippen LogP contribution in [0.3, 0.4) is 0 Å². The van der Waals surface area contributed by atoms with Crippen molar-refractivity contribution in [3.8, 4) is 0 Å². The van der Waals surface area contributed by atoms with E-state index in [1.807, 2.05) is 60.7 Å². The molecule has 1 aliphatic rings. The van der Waals surface area contributed by atoms with Crippen LogP contribution >= 0.6 is 0 Å². The maximum absolute atomic E-state index is 11.8. The Morgan fingerprint density at radius 2 is 1.35 bits per heavy atom. The molecule has 1 atom stereocenters. The van der Waals surface area contributed by atoms with Crippen LogP contribution in [-0.2, 0) is 19.1 Å². The molecule has 4 nitrogen and oxygen atoms in total. The number of hydrogen-bond donors (Lipinski definition) is 0. The van der Waals surface area contributed by atoms with E-state index in [9.17, 15) is 9.59 Å². The number of benzene rings is 2. The zero-order valence-corrected chi connectivity index (χ0v) is 12.2. The standard InChI is InChI=1S/C19H14O4/c20-18-11-12-19(21)23-17(15-9-5-2-6-10-15)13-16(22-18)14-7-3-1-4-8-14/h1-13,16H/b12-11-,17-13-. The second-order valence-electron chi connectivity index (χ2n) is 4.92. The predicted octanol–water partition coefficient (Wildman–Crippen LogP) is 3.43. The molecule has 0 aliphatic carbocycles. The molecule has 0 saturated carbocycles. The Kier molecular flexibility index (Phi) is 4.34. The van der Waals surface area contributed by atoms with Crippen LogP contribution < -0.4 is 0 Å². The Hall–Kier alpha value is -3.14. The summed E-state index contributed by atoms with van der Waals surface area (Å²) in [6, 6.07) is 18.5. The van der Waals surface area contributed by atoms with Gasteiger partial charge in [0.15, 0.2) is 0 Å². The number of esters is 2. The quantitative estimate of drug-likeness (QED) is 0.798. The van der Waals surface area contributed by atoms with Gasteiger partial charge in [-0.3, -0.25) is 0 Å². The van der Waals surface area contributed by atoms with Gasteiger partial charge < -0.3 is 9.47 Å². The number of ether oxygens (including phenoxy) is 2. The highest BCUT2D eigenvalue weighted by Gasteiger charge is 2.19. The molecule has 0 fully saturated rings. The summed E-state index contributed by atoms with van der Waals surface area (Å²) in [5.74, 6) is -0.865. The molecule has 0 amide bonds. The van der Waals surface area contributed by atoms with Crippen LogP contribution in [0.5, 0.6) is 0 Å². The summed E-state index contributed by atoms with van der Waals surface area (Å²) in [6.07, 6.45) is 3.12. The Morgan fingerprint density at radius 3 is 2.04 bits per heavy atom. The maximum Gasteiger partial charge on any atom is 0.336 e. The van der Waals surface area contributed by atoms with Gasteiger partial charge in [-0.2, -0.15) is 0 Å². The van der Waals surface area contributed by atoms with Crippen LogP contribution in [0.15, 0.2) is 78.9 Å². The predicted molar refractivity (Wildman–Crippen MR) is 84.9 cm³/mol. The molecule has 0 spiro atoms. The van der Waals surface area contributed by atoms with E-state index in [0.29, 0.717) is 5.76 Å². The Bertz CT molecular complexity index is 760. The molecule has 23 heavy (non-hydrogen) atoms. The Labute approximate surface area is 133 Å². The van der Waals surface area contributed by atoms with Crippen molar-refractivity contribution in [2.45, 2.75) is 6.10 Å². The molecule has 1 unspecified atom stereocenters. The smallest absolute Gasteiger partial charge is 0.336 e. The van der Waals surface area contributed by atoms with E-state index in [1.54, 1.807) is 6.08 Å². The summed E-state index contributed by atoms with van der Waals surface area (Å²) < 4.78 is 10.8. The molecule has 0 saturated heterocycles. The van der Waals surface area contributed by atoms with E-state index in [4.69, 9.17) is 9.47 Å². The van der Waals surface area contributed by atoms with Crippen LogP contribution in [0.4, 0.5) is 0 Å². The van der Waals surface area contributed by atoms with Crippen molar-refractivity contribution < 1.29 is 19.1 Å². The Morgan fingerprint density at radius 1 is 0.739 bits per heavy atom. The highest BCUT2D eigenvalue weighted by molar-refractivity contribution is 5.94. The average molecular weight is 306 g/mol. The fourth-order valence-electron chi connectivity index (χ4n) is 2.21. The molecule has 4 heteroatoms. The first kappa shape index (κ1) is 14.8. The van der Waals surface area contributed by atoms with Gasteiger partial charge in [-0.25, -0.2) is 9.59 Å². The molecular formula is C19H14O4. The highest BCUT2D eigenvalue weighted by Crippen LogP contribution is 2.26. The summed E-state index contributed by atoms with van der Waals surface area (Å²) in [4.78, 5) is 23.6. The molecule has 0 radical (unpaired) electrons. The monoisotopic (exact) mass is 306 g/mol. The first-order chi connectivity index (χ1) is 11.2. The molecule has 0 bridgehead atoms. The van der Waals surface area contributed by atoms with Crippen LogP contribution in [0.2, 0.25) is 0 Å². The maximum atomic E-state index is 11.8. The highest BCUT2D eigenvalue weighted by atomic mass is 16.6. The lowest BCUT2D eigenvalue weighted by Gasteiger charge is -2.15. The van der Waals surface area contributed by atoms with E-state index < -0.39 is 18.0 Å². The molecule has 0 aromatic heterocycles. The van der Waals surface area contributed by atoms with Crippen molar-refractivity contribution in [2.24, 2.45) is 0 Å². The minimum Gasteiger partial charge on any atom is -0.450 e. The first-order valence-electron chi connectivity index (χ1n) is 7.15. The van der Waals surface area contributed by atoms with Crippen molar-refractivity contribution in [1.82, 2.24) is 0 Å². The topological polar surface area (TPSA) is 52.6 Å². The lowest BCUT2D eigenvalue weighted by Crippen LogP contribution is -2.07. The summed E-state index contributed by atoms with van der Waals surface area (Å²) in [5, 5.41) is 0. The second-order valence-corrected chi connectivity index (χ2v) is 4.92. The number of carbonyl (C=O) groups excluding carboxylic acids is 2. The van der Waals surface area contributed by atoms with E-state index in [1.165, 1.54) is 0 Å². The van der Waals surface area contributed by atoms with E-state index in [0.717, 1.165) is 23.3 Å². The third kappa shape index (κ3) is 3.74. The Balaban J connectivity index is 2.06. The number of hydrogen-bond acceptors (Lipinski definition) is 4. The number of cyclic esters (lactones) is 2. The second kappa shape index (κ2) is 6.75. The molecule has 3 rings (SSSR count). The SMILES string of the molecule is O=C1/C=C\C(=O)OC(c2ccccc2)/C=C(/c2ccccc2)O1. The molecule has 0 N–H and O–H groups in total. The fraction of sp³-hybridized carbons (Fsp3) is 0.0526. The molecule has 2 aromatic rings. The third-order valence-electron chi connectivity index (χ3n) is 3.30. The zero-order chi connectivity index (χ0) is 16.1. The van der Waals surface area contributed by atoms with E-state index >= 15 is 0 Å². The van der Waals surface area contributed by atoms with Gasteiger partial charge in [-0.05, 0) is 5.56 Å². The van der Waals surface area contributed by atoms with Crippen molar-refractivity contribution in [3.63, 3.8) is 0 Å². The van der Waals surface area contributed by atoms with Crippen molar-refractivity contribution in [3.05, 3.63) is 90.0 Å². The van der Waals surface area contributed by atoms with Gasteiger partial charge >= 0.3 is 11.9 Å². The molecule has 2 aromatic carbocycles. The van der Waals surface area contributed by atoms with E-state index in [2.05, 4.69) is 0 Å². The summed E-state index contributed by atoms with van der Waals surface area (Å²) in [6.45, 7) is 0. The lowest BCUT2D eigenvalue weighted by molar-refractivity contribution is -0.141. The van der Waals surface area contributed by atoms with E-state index in [-0.39, 0.29) is 0 Å². The normalized spacial score (nSPS) is 21.7. The molecule has 1 heterocycles. The number of rotatable bonds is 2. The van der Waals surface area contributed by atoms with Crippen LogP contribution in [-0.4, -0.2) is 11.9 Å². The van der Waals surface area contributed by atoms with Gasteiger partial charge in [0.25, 0.3) is 0 Å². The third-order valence-corrected chi connectivity index (χ3v) is 3.30. The minimum absolute atomic E-state index is 0.351. The molecule has 1 aliphatic heterocycles. The average Bonchev–Trinajstić information content (AvgIpc) is 2.66. The summed E-state index contributed by atoms with van der Waals surface area (Å²) in [7, 11) is 0. The van der Waals surface area contributed by atoms with Gasteiger partial charge in [0.1, 0.15) is 11.9 Å². The first-order valence-corrected chi connectivity index (χ1v) is 7.15. The van der Waals surface area contributed by atoms with Gasteiger partial charge in [0.2, 0.25) is 0 Å². The minimum atomic E-state index is -0.644. The van der Waals surface area contributed by atoms with Gasteiger partial charge in [0.05, 0.1) is 0 Å². The zero-order valence-electron chi connectivity index (χ0n) is 12.2. The van der Waals surface area contributed by atoms with Crippen molar-refractivity contribution >= 4 is 17.7 Å². The van der Waals surface area contributed by atoms with Crippen molar-refractivity contribution in [1.29, 1.82) is 0 Å².